The van der Waals surface area contributed by atoms with Crippen LogP contribution in [0.15, 0.2) is 24.5 Å². The number of ether oxygens (including phenoxy) is 1. The van der Waals surface area contributed by atoms with E-state index < -0.39 is 0 Å². The van der Waals surface area contributed by atoms with Crippen LogP contribution >= 0.6 is 0 Å². The zero-order chi connectivity index (χ0) is 24.1. The van der Waals surface area contributed by atoms with Gasteiger partial charge in [0.25, 0.3) is 0 Å². The summed E-state index contributed by atoms with van der Waals surface area (Å²) in [5, 5.41) is 8.95. The number of hydroxylamine groups is 1. The maximum Gasteiger partial charge on any atom is 0.137 e. The first-order valence-electron chi connectivity index (χ1n) is 12.5. The Kier molecular flexibility index (Phi) is 8.55. The van der Waals surface area contributed by atoms with Gasteiger partial charge < -0.3 is 19.9 Å². The van der Waals surface area contributed by atoms with Gasteiger partial charge in [0.2, 0.25) is 0 Å². The molecule has 2 unspecified atom stereocenters. The molecule has 2 saturated heterocycles. The smallest absolute Gasteiger partial charge is 0.137 e. The summed E-state index contributed by atoms with van der Waals surface area (Å²) in [6, 6.07) is 6.87. The molecule has 9 heteroatoms. The predicted molar refractivity (Wildman–Crippen MR) is 137 cm³/mol. The average molecular weight is 472 g/mol. The van der Waals surface area contributed by atoms with E-state index in [2.05, 4.69) is 76.4 Å². The molecule has 1 aromatic heterocycles. The van der Waals surface area contributed by atoms with Crippen LogP contribution in [-0.2, 0) is 9.57 Å². The number of aromatic nitrogens is 2. The summed E-state index contributed by atoms with van der Waals surface area (Å²) in [5.74, 6) is 1.38. The van der Waals surface area contributed by atoms with Crippen LogP contribution in [0.3, 0.4) is 0 Å². The molecule has 2 atom stereocenters. The number of likely N-dealkylation sites (N-methyl/N-ethyl adjacent to an activating group) is 1. The molecule has 0 aliphatic carbocycles. The molecule has 188 valence electrons. The van der Waals surface area contributed by atoms with E-state index in [1.165, 1.54) is 0 Å². The number of anilines is 2. The van der Waals surface area contributed by atoms with Crippen molar-refractivity contribution < 1.29 is 9.57 Å². The maximum absolute atomic E-state index is 6.26. The van der Waals surface area contributed by atoms with Crippen LogP contribution in [0, 0.1) is 5.92 Å². The Labute approximate surface area is 203 Å². The molecular weight excluding hydrogens is 430 g/mol. The third-order valence-electron chi connectivity index (χ3n) is 6.87. The van der Waals surface area contributed by atoms with Crippen molar-refractivity contribution in [2.45, 2.75) is 38.3 Å². The molecule has 2 aromatic rings. The van der Waals surface area contributed by atoms with Crippen LogP contribution in [0.5, 0.6) is 0 Å². The maximum atomic E-state index is 6.26. The number of piperidine rings is 1. The number of hydrazine groups is 1. The minimum atomic E-state index is 0.139. The Bertz CT molecular complexity index is 919. The summed E-state index contributed by atoms with van der Waals surface area (Å²) in [6.45, 7) is 7.53. The molecule has 2 aliphatic rings. The van der Waals surface area contributed by atoms with Gasteiger partial charge in [-0.15, -0.1) is 0 Å². The van der Waals surface area contributed by atoms with Crippen molar-refractivity contribution in [3.63, 3.8) is 0 Å². The molecule has 1 aromatic carbocycles. The van der Waals surface area contributed by atoms with Crippen LogP contribution in [0.1, 0.15) is 26.2 Å². The molecule has 2 aliphatic heterocycles. The van der Waals surface area contributed by atoms with Gasteiger partial charge in [0.15, 0.2) is 0 Å². The first-order valence-corrected chi connectivity index (χ1v) is 12.5. The number of methoxy groups -OCH3 is 1. The highest BCUT2D eigenvalue weighted by atomic mass is 16.7. The molecule has 2 fully saturated rings. The van der Waals surface area contributed by atoms with E-state index in [0.717, 1.165) is 74.4 Å². The number of likely N-dealkylation sites (tertiary alicyclic amines) is 1. The van der Waals surface area contributed by atoms with E-state index in [9.17, 15) is 0 Å². The zero-order valence-electron chi connectivity index (χ0n) is 21.4. The molecule has 0 spiro atoms. The summed E-state index contributed by atoms with van der Waals surface area (Å²) in [6.07, 6.45) is 5.06. The fraction of sp³-hybridized carbons (Fsp3) is 0.680. The molecule has 0 bridgehead atoms. The zero-order valence-corrected chi connectivity index (χ0v) is 21.4. The lowest BCUT2D eigenvalue weighted by Crippen LogP contribution is -2.46. The summed E-state index contributed by atoms with van der Waals surface area (Å²) >= 11 is 0. The Hall–Kier alpha value is -2.04. The SMILES string of the molecule is COC1CC(C)CN(OCCN(C)C)N(c2ccc3c(NC4CCN(C)CC4)ncnc3c2)C1. The number of hydrogen-bond donors (Lipinski definition) is 1. The van der Waals surface area contributed by atoms with Crippen molar-refractivity contribution in [1.29, 1.82) is 0 Å². The monoisotopic (exact) mass is 471 g/mol. The van der Waals surface area contributed by atoms with Crippen molar-refractivity contribution >= 4 is 22.4 Å². The third kappa shape index (κ3) is 6.34. The van der Waals surface area contributed by atoms with Gasteiger partial charge in [-0.2, -0.15) is 0 Å². The Morgan fingerprint density at radius 1 is 1.15 bits per heavy atom. The quantitative estimate of drug-likeness (QED) is 0.626. The molecular formula is C25H41N7O2. The van der Waals surface area contributed by atoms with Crippen LogP contribution in [0.2, 0.25) is 0 Å². The minimum Gasteiger partial charge on any atom is -0.380 e. The molecule has 0 saturated carbocycles. The largest absolute Gasteiger partial charge is 0.380 e. The Morgan fingerprint density at radius 3 is 2.68 bits per heavy atom. The topological polar surface area (TPSA) is 69.2 Å². The second-order valence-corrected chi connectivity index (χ2v) is 10.1. The van der Waals surface area contributed by atoms with Crippen molar-refractivity contribution in [2.24, 2.45) is 5.92 Å². The van der Waals surface area contributed by atoms with E-state index in [0.29, 0.717) is 18.6 Å². The van der Waals surface area contributed by atoms with Gasteiger partial charge in [-0.25, -0.2) is 9.97 Å². The molecule has 9 nitrogen and oxygen atoms in total. The van der Waals surface area contributed by atoms with E-state index in [-0.39, 0.29) is 6.10 Å². The van der Waals surface area contributed by atoms with Crippen LogP contribution < -0.4 is 10.3 Å². The Morgan fingerprint density at radius 2 is 1.94 bits per heavy atom. The molecule has 0 amide bonds. The van der Waals surface area contributed by atoms with Gasteiger partial charge in [0.05, 0.1) is 30.5 Å². The summed E-state index contributed by atoms with van der Waals surface area (Å²) in [4.78, 5) is 20.0. The fourth-order valence-corrected chi connectivity index (χ4v) is 4.77. The first-order chi connectivity index (χ1) is 16.4. The van der Waals surface area contributed by atoms with Crippen LogP contribution in [0.4, 0.5) is 11.5 Å². The summed E-state index contributed by atoms with van der Waals surface area (Å²) in [7, 11) is 8.11. The third-order valence-corrected chi connectivity index (χ3v) is 6.87. The van der Waals surface area contributed by atoms with Crippen LogP contribution in [0.25, 0.3) is 10.9 Å². The lowest BCUT2D eigenvalue weighted by Gasteiger charge is -2.35. The fourth-order valence-electron chi connectivity index (χ4n) is 4.77. The lowest BCUT2D eigenvalue weighted by molar-refractivity contribution is -0.173. The van der Waals surface area contributed by atoms with E-state index in [1.54, 1.807) is 13.4 Å². The Balaban J connectivity index is 1.57. The number of hydrogen-bond acceptors (Lipinski definition) is 9. The van der Waals surface area contributed by atoms with Gasteiger partial charge in [-0.05, 0) is 77.6 Å². The number of rotatable bonds is 8. The molecule has 4 rings (SSSR count). The molecule has 3 heterocycles. The minimum absolute atomic E-state index is 0.139. The molecule has 1 N–H and O–H groups in total. The highest BCUT2D eigenvalue weighted by Gasteiger charge is 2.29. The van der Waals surface area contributed by atoms with Crippen molar-refractivity contribution in [2.75, 3.05) is 77.9 Å². The van der Waals surface area contributed by atoms with E-state index >= 15 is 0 Å². The van der Waals surface area contributed by atoms with Crippen LogP contribution in [-0.4, -0.2) is 105 Å². The second kappa shape index (κ2) is 11.6. The highest BCUT2D eigenvalue weighted by Crippen LogP contribution is 2.30. The molecule has 0 radical (unpaired) electrons. The summed E-state index contributed by atoms with van der Waals surface area (Å²) in [5.41, 5.74) is 1.99. The molecule has 34 heavy (non-hydrogen) atoms. The standard InChI is InChI=1S/C25H41N7O2/c1-19-14-22(33-5)17-31(32(16-19)34-13-12-29(2)3)21-6-7-23-24(15-21)26-18-27-25(23)28-20-8-10-30(4)11-9-20/h6-7,15,18-20,22H,8-14,16-17H2,1-5H3,(H,26,27,28). The second-order valence-electron chi connectivity index (χ2n) is 10.1. The number of benzene rings is 1. The number of fused-ring (bicyclic) bond motifs is 1. The lowest BCUT2D eigenvalue weighted by atomic mass is 10.0. The van der Waals surface area contributed by atoms with Gasteiger partial charge in [-0.1, -0.05) is 12.1 Å². The predicted octanol–water partition coefficient (Wildman–Crippen LogP) is 2.71. The average Bonchev–Trinajstić information content (AvgIpc) is 2.98. The van der Waals surface area contributed by atoms with Gasteiger partial charge in [-0.3, -0.25) is 9.85 Å². The normalized spacial score (nSPS) is 23.5. The van der Waals surface area contributed by atoms with Crippen molar-refractivity contribution in [3.8, 4) is 0 Å². The van der Waals surface area contributed by atoms with E-state index in [1.807, 2.05) is 5.17 Å². The van der Waals surface area contributed by atoms with Crippen molar-refractivity contribution in [1.82, 2.24) is 24.9 Å². The van der Waals surface area contributed by atoms with Crippen molar-refractivity contribution in [3.05, 3.63) is 24.5 Å². The number of nitrogens with one attached hydrogen (secondary N) is 1. The summed E-state index contributed by atoms with van der Waals surface area (Å²) < 4.78 is 5.81. The van der Waals surface area contributed by atoms with Gasteiger partial charge in [0, 0.05) is 31.6 Å². The highest BCUT2D eigenvalue weighted by molar-refractivity contribution is 5.91. The number of nitrogens with zero attached hydrogens (tertiary/aromatic N) is 6. The van der Waals surface area contributed by atoms with Gasteiger partial charge in [0.1, 0.15) is 12.1 Å². The van der Waals surface area contributed by atoms with E-state index in [4.69, 9.17) is 9.57 Å². The first kappa shape index (κ1) is 25.1. The van der Waals surface area contributed by atoms with Gasteiger partial charge >= 0.3 is 0 Å².